The van der Waals surface area contributed by atoms with Gasteiger partial charge in [-0.2, -0.15) is 9.57 Å². The molecule has 0 unspecified atom stereocenters. The first-order chi connectivity index (χ1) is 12.4. The highest BCUT2D eigenvalue weighted by molar-refractivity contribution is 7.89. The summed E-state index contributed by atoms with van der Waals surface area (Å²) in [5, 5.41) is 9.37. The Morgan fingerprint density at radius 3 is 2.42 bits per heavy atom. The van der Waals surface area contributed by atoms with E-state index in [2.05, 4.69) is 0 Å². The molecule has 0 heterocycles. The first-order valence-electron chi connectivity index (χ1n) is 7.74. The minimum atomic E-state index is -3.79. The van der Waals surface area contributed by atoms with Crippen molar-refractivity contribution in [2.24, 2.45) is 0 Å². The quantitative estimate of drug-likeness (QED) is 0.687. The van der Waals surface area contributed by atoms with Crippen LogP contribution in [-0.2, 0) is 21.3 Å². The fraction of sp³-hybridized carbons (Fsp3) is 0.278. The largest absolute Gasteiger partial charge is 0.496 e. The zero-order valence-electron chi connectivity index (χ0n) is 14.5. The summed E-state index contributed by atoms with van der Waals surface area (Å²) in [5.41, 5.74) is 1.04. The Balaban J connectivity index is 2.39. The average molecular weight is 395 g/mol. The lowest BCUT2D eigenvalue weighted by atomic mass is 10.2. The highest BCUT2D eigenvalue weighted by Crippen LogP contribution is 2.26. The fourth-order valence-electron chi connectivity index (χ4n) is 2.39. The van der Waals surface area contributed by atoms with E-state index in [-0.39, 0.29) is 24.6 Å². The van der Waals surface area contributed by atoms with Crippen LogP contribution in [0, 0.1) is 11.3 Å². The number of nitriles is 1. The second-order valence-corrected chi connectivity index (χ2v) is 7.80. The van der Waals surface area contributed by atoms with Crippen LogP contribution in [0.1, 0.15) is 11.1 Å². The summed E-state index contributed by atoms with van der Waals surface area (Å²) < 4.78 is 37.7. The lowest BCUT2D eigenvalue weighted by Gasteiger charge is -2.23. The van der Waals surface area contributed by atoms with Gasteiger partial charge in [-0.25, -0.2) is 8.42 Å². The summed E-state index contributed by atoms with van der Waals surface area (Å²) in [6.07, 6.45) is 0. The van der Waals surface area contributed by atoms with Crippen LogP contribution in [0.15, 0.2) is 47.4 Å². The van der Waals surface area contributed by atoms with E-state index in [0.717, 1.165) is 0 Å². The van der Waals surface area contributed by atoms with E-state index in [9.17, 15) is 8.42 Å². The third kappa shape index (κ3) is 4.74. The molecule has 0 aliphatic heterocycles. The van der Waals surface area contributed by atoms with Crippen molar-refractivity contribution in [1.82, 2.24) is 4.31 Å². The van der Waals surface area contributed by atoms with Crippen molar-refractivity contribution < 1.29 is 17.9 Å². The van der Waals surface area contributed by atoms with Gasteiger partial charge in [0.15, 0.2) is 0 Å². The maximum atomic E-state index is 13.0. The van der Waals surface area contributed by atoms with Crippen LogP contribution >= 0.6 is 11.6 Å². The normalized spacial score (nSPS) is 11.3. The minimum Gasteiger partial charge on any atom is -0.496 e. The Morgan fingerprint density at radius 2 is 1.85 bits per heavy atom. The Kier molecular flexibility index (Phi) is 7.00. The molecular weight excluding hydrogens is 376 g/mol. The minimum absolute atomic E-state index is 0.0788. The van der Waals surface area contributed by atoms with Crippen LogP contribution < -0.4 is 4.74 Å². The van der Waals surface area contributed by atoms with Gasteiger partial charge in [0.05, 0.1) is 30.2 Å². The van der Waals surface area contributed by atoms with Crippen molar-refractivity contribution in [1.29, 1.82) is 5.26 Å². The van der Waals surface area contributed by atoms with E-state index < -0.39 is 10.0 Å². The number of nitrogens with zero attached hydrogens (tertiary/aromatic N) is 2. The summed E-state index contributed by atoms with van der Waals surface area (Å²) >= 11 is 6.05. The molecule has 0 atom stereocenters. The van der Waals surface area contributed by atoms with Crippen molar-refractivity contribution in [2.45, 2.75) is 11.4 Å². The first kappa shape index (κ1) is 20.2. The van der Waals surface area contributed by atoms with Crippen LogP contribution in [0.2, 0.25) is 5.02 Å². The van der Waals surface area contributed by atoms with Gasteiger partial charge in [0, 0.05) is 30.8 Å². The zero-order chi connectivity index (χ0) is 19.2. The summed E-state index contributed by atoms with van der Waals surface area (Å²) in [4.78, 5) is 0.105. The van der Waals surface area contributed by atoms with E-state index in [1.165, 1.54) is 42.8 Å². The van der Waals surface area contributed by atoms with Crippen molar-refractivity contribution >= 4 is 21.6 Å². The second kappa shape index (κ2) is 9.01. The molecule has 2 rings (SSSR count). The molecule has 138 valence electrons. The predicted octanol–water partition coefficient (Wildman–Crippen LogP) is 3.06. The SMILES string of the molecule is COCCN(Cc1cc(Cl)ccc1OC)S(=O)(=O)c1ccc(C#N)cc1. The van der Waals surface area contributed by atoms with Crippen LogP contribution in [0.4, 0.5) is 0 Å². The highest BCUT2D eigenvalue weighted by Gasteiger charge is 2.25. The molecule has 8 heteroatoms. The van der Waals surface area contributed by atoms with Crippen LogP contribution in [0.25, 0.3) is 0 Å². The number of sulfonamides is 1. The van der Waals surface area contributed by atoms with Gasteiger partial charge >= 0.3 is 0 Å². The number of benzene rings is 2. The monoisotopic (exact) mass is 394 g/mol. The molecule has 0 spiro atoms. The van der Waals surface area contributed by atoms with E-state index in [4.69, 9.17) is 26.3 Å². The number of rotatable bonds is 8. The predicted molar refractivity (Wildman–Crippen MR) is 98.6 cm³/mol. The maximum Gasteiger partial charge on any atom is 0.243 e. The van der Waals surface area contributed by atoms with Gasteiger partial charge in [-0.1, -0.05) is 11.6 Å². The molecule has 0 saturated carbocycles. The molecule has 2 aromatic rings. The smallest absolute Gasteiger partial charge is 0.243 e. The number of halogens is 1. The molecule has 0 amide bonds. The van der Waals surface area contributed by atoms with Crippen molar-refractivity contribution in [3.63, 3.8) is 0 Å². The van der Waals surface area contributed by atoms with Gasteiger partial charge < -0.3 is 9.47 Å². The van der Waals surface area contributed by atoms with Crippen LogP contribution in [0.3, 0.4) is 0 Å². The van der Waals surface area contributed by atoms with Crippen LogP contribution in [-0.4, -0.2) is 40.1 Å². The molecule has 0 fully saturated rings. The average Bonchev–Trinajstić information content (AvgIpc) is 2.65. The molecule has 26 heavy (non-hydrogen) atoms. The van der Waals surface area contributed by atoms with Crippen molar-refractivity contribution in [2.75, 3.05) is 27.4 Å². The molecule has 0 N–H and O–H groups in total. The molecular formula is C18H19ClN2O4S. The Labute approximate surface area is 158 Å². The molecule has 0 radical (unpaired) electrons. The fourth-order valence-corrected chi connectivity index (χ4v) is 3.99. The van der Waals surface area contributed by atoms with Gasteiger partial charge in [-0.15, -0.1) is 0 Å². The zero-order valence-corrected chi connectivity index (χ0v) is 16.0. The van der Waals surface area contributed by atoms with Gasteiger partial charge in [0.1, 0.15) is 5.75 Å². The van der Waals surface area contributed by atoms with Gasteiger partial charge in [-0.3, -0.25) is 0 Å². The Hall–Kier alpha value is -2.11. The Bertz CT molecular complexity index is 892. The number of hydrogen-bond acceptors (Lipinski definition) is 5. The standard InChI is InChI=1S/C18H19ClN2O4S/c1-24-10-9-21(13-15-11-16(19)5-8-18(15)25-2)26(22,23)17-6-3-14(12-20)4-7-17/h3-8,11H,9-10,13H2,1-2H3. The van der Waals surface area contributed by atoms with E-state index in [1.807, 2.05) is 6.07 Å². The van der Waals surface area contributed by atoms with Gasteiger partial charge in [0.25, 0.3) is 0 Å². The summed E-state index contributed by atoms with van der Waals surface area (Å²) in [7, 11) is -0.767. The Morgan fingerprint density at radius 1 is 1.15 bits per heavy atom. The molecule has 0 aliphatic rings. The molecule has 2 aromatic carbocycles. The number of methoxy groups -OCH3 is 2. The maximum absolute atomic E-state index is 13.0. The molecule has 0 aromatic heterocycles. The third-order valence-corrected chi connectivity index (χ3v) is 5.85. The van der Waals surface area contributed by atoms with Crippen molar-refractivity contribution in [3.8, 4) is 11.8 Å². The number of hydrogen-bond donors (Lipinski definition) is 0. The molecule has 0 bridgehead atoms. The molecule has 0 saturated heterocycles. The number of ether oxygens (including phenoxy) is 2. The van der Waals surface area contributed by atoms with E-state index >= 15 is 0 Å². The van der Waals surface area contributed by atoms with Crippen LogP contribution in [0.5, 0.6) is 5.75 Å². The molecule has 6 nitrogen and oxygen atoms in total. The lowest BCUT2D eigenvalue weighted by molar-refractivity contribution is 0.177. The van der Waals surface area contributed by atoms with Gasteiger partial charge in [0.2, 0.25) is 10.0 Å². The summed E-state index contributed by atoms with van der Waals surface area (Å²) in [6.45, 7) is 0.475. The summed E-state index contributed by atoms with van der Waals surface area (Å²) in [5.74, 6) is 0.548. The molecule has 0 aliphatic carbocycles. The van der Waals surface area contributed by atoms with E-state index in [0.29, 0.717) is 21.9 Å². The van der Waals surface area contributed by atoms with Crippen molar-refractivity contribution in [3.05, 3.63) is 58.6 Å². The lowest BCUT2D eigenvalue weighted by Crippen LogP contribution is -2.33. The van der Waals surface area contributed by atoms with E-state index in [1.54, 1.807) is 18.2 Å². The third-order valence-electron chi connectivity index (χ3n) is 3.76. The first-order valence-corrected chi connectivity index (χ1v) is 9.56. The topological polar surface area (TPSA) is 79.6 Å². The second-order valence-electron chi connectivity index (χ2n) is 5.42. The van der Waals surface area contributed by atoms with Gasteiger partial charge in [-0.05, 0) is 42.5 Å². The highest BCUT2D eigenvalue weighted by atomic mass is 35.5. The summed E-state index contributed by atoms with van der Waals surface area (Å²) in [6, 6.07) is 12.8.